The molecular formula is C13H24N2. The summed E-state index contributed by atoms with van der Waals surface area (Å²) >= 11 is 0. The monoisotopic (exact) mass is 208 g/mol. The van der Waals surface area contributed by atoms with E-state index in [1.54, 1.807) is 0 Å². The summed E-state index contributed by atoms with van der Waals surface area (Å²) in [5, 5.41) is 9.12. The molecule has 2 heteroatoms. The minimum Gasteiger partial charge on any atom is -0.305 e. The van der Waals surface area contributed by atoms with Crippen LogP contribution in [0.2, 0.25) is 0 Å². The van der Waals surface area contributed by atoms with Crippen LogP contribution >= 0.6 is 0 Å². The lowest BCUT2D eigenvalue weighted by atomic mass is 9.69. The van der Waals surface area contributed by atoms with E-state index in [0.717, 1.165) is 31.8 Å². The summed E-state index contributed by atoms with van der Waals surface area (Å²) in [4.78, 5) is 2.34. The van der Waals surface area contributed by atoms with E-state index in [0.29, 0.717) is 0 Å². The number of hydrogen-bond acceptors (Lipinski definition) is 2. The molecule has 0 saturated heterocycles. The summed E-state index contributed by atoms with van der Waals surface area (Å²) in [6.45, 7) is 6.65. The standard InChI is InChI=1S/C13H24N2/c1-12(2)6-4-9-15(3)11-13(10-14)7-5-8-13/h12H,4-9,11H2,1-3H3. The van der Waals surface area contributed by atoms with Crippen LogP contribution in [0.4, 0.5) is 0 Å². The highest BCUT2D eigenvalue weighted by Crippen LogP contribution is 2.40. The fourth-order valence-corrected chi connectivity index (χ4v) is 2.27. The van der Waals surface area contributed by atoms with Gasteiger partial charge < -0.3 is 4.90 Å². The third kappa shape index (κ3) is 3.83. The molecule has 0 spiro atoms. The highest BCUT2D eigenvalue weighted by Gasteiger charge is 2.37. The lowest BCUT2D eigenvalue weighted by molar-refractivity contribution is 0.136. The molecule has 15 heavy (non-hydrogen) atoms. The van der Waals surface area contributed by atoms with E-state index in [9.17, 15) is 0 Å². The Balaban J connectivity index is 2.18. The van der Waals surface area contributed by atoms with Crippen LogP contribution in [-0.4, -0.2) is 25.0 Å². The first-order valence-corrected chi connectivity index (χ1v) is 6.18. The van der Waals surface area contributed by atoms with Crippen molar-refractivity contribution in [2.45, 2.75) is 46.0 Å². The Kier molecular flexibility index (Phi) is 4.60. The largest absolute Gasteiger partial charge is 0.305 e. The molecular weight excluding hydrogens is 184 g/mol. The molecule has 0 aromatic rings. The number of hydrogen-bond donors (Lipinski definition) is 0. The van der Waals surface area contributed by atoms with Gasteiger partial charge in [-0.15, -0.1) is 0 Å². The molecule has 1 fully saturated rings. The Labute approximate surface area is 94.3 Å². The SMILES string of the molecule is CC(C)CCCN(C)CC1(C#N)CCC1. The number of nitriles is 1. The van der Waals surface area contributed by atoms with E-state index in [4.69, 9.17) is 5.26 Å². The highest BCUT2D eigenvalue weighted by molar-refractivity contribution is 5.05. The van der Waals surface area contributed by atoms with E-state index in [1.807, 2.05) is 0 Å². The van der Waals surface area contributed by atoms with Crippen LogP contribution in [0, 0.1) is 22.7 Å². The van der Waals surface area contributed by atoms with Crippen LogP contribution in [0.3, 0.4) is 0 Å². The molecule has 0 aromatic carbocycles. The summed E-state index contributed by atoms with van der Waals surface area (Å²) < 4.78 is 0. The molecule has 0 amide bonds. The predicted octanol–water partition coefficient (Wildman–Crippen LogP) is 3.05. The molecule has 1 aliphatic rings. The van der Waals surface area contributed by atoms with Crippen molar-refractivity contribution >= 4 is 0 Å². The summed E-state index contributed by atoms with van der Waals surface area (Å²) in [6, 6.07) is 2.50. The molecule has 1 aliphatic carbocycles. The molecule has 0 heterocycles. The van der Waals surface area contributed by atoms with Gasteiger partial charge in [-0.1, -0.05) is 20.3 Å². The normalized spacial score (nSPS) is 18.9. The van der Waals surface area contributed by atoms with Gasteiger partial charge in [-0.05, 0) is 45.2 Å². The molecule has 1 saturated carbocycles. The molecule has 0 N–H and O–H groups in total. The number of nitrogens with zero attached hydrogens (tertiary/aromatic N) is 2. The molecule has 2 nitrogen and oxygen atoms in total. The van der Waals surface area contributed by atoms with Crippen molar-refractivity contribution in [2.24, 2.45) is 11.3 Å². The molecule has 1 rings (SSSR count). The maximum absolute atomic E-state index is 9.12. The second kappa shape index (κ2) is 5.51. The summed E-state index contributed by atoms with van der Waals surface area (Å²) in [5.41, 5.74) is 0.00653. The molecule has 0 aliphatic heterocycles. The third-order valence-corrected chi connectivity index (χ3v) is 3.44. The molecule has 0 atom stereocenters. The quantitative estimate of drug-likeness (QED) is 0.671. The maximum atomic E-state index is 9.12. The zero-order chi connectivity index (χ0) is 11.3. The molecule has 0 aromatic heterocycles. The van der Waals surface area contributed by atoms with Crippen molar-refractivity contribution in [3.8, 4) is 6.07 Å². The average Bonchev–Trinajstić information content (AvgIpc) is 2.11. The Morgan fingerprint density at radius 1 is 1.40 bits per heavy atom. The molecule has 86 valence electrons. The first-order chi connectivity index (χ1) is 7.08. The van der Waals surface area contributed by atoms with Crippen molar-refractivity contribution in [3.05, 3.63) is 0 Å². The second-order valence-electron chi connectivity index (χ2n) is 5.52. The van der Waals surface area contributed by atoms with E-state index in [1.165, 1.54) is 19.3 Å². The molecule has 0 unspecified atom stereocenters. The topological polar surface area (TPSA) is 27.0 Å². The van der Waals surface area contributed by atoms with Gasteiger partial charge in [-0.25, -0.2) is 0 Å². The van der Waals surface area contributed by atoms with Crippen LogP contribution < -0.4 is 0 Å². The first kappa shape index (κ1) is 12.5. The van der Waals surface area contributed by atoms with Crippen molar-refractivity contribution in [2.75, 3.05) is 20.1 Å². The average molecular weight is 208 g/mol. The van der Waals surface area contributed by atoms with Crippen molar-refractivity contribution in [1.82, 2.24) is 4.90 Å². The van der Waals surface area contributed by atoms with E-state index >= 15 is 0 Å². The van der Waals surface area contributed by atoms with Gasteiger partial charge in [-0.3, -0.25) is 0 Å². The lowest BCUT2D eigenvalue weighted by Gasteiger charge is -2.38. The van der Waals surface area contributed by atoms with Gasteiger partial charge in [0.1, 0.15) is 0 Å². The molecule has 0 radical (unpaired) electrons. The van der Waals surface area contributed by atoms with Gasteiger partial charge in [0.05, 0.1) is 11.5 Å². The van der Waals surface area contributed by atoms with E-state index in [-0.39, 0.29) is 5.41 Å². The highest BCUT2D eigenvalue weighted by atomic mass is 15.1. The first-order valence-electron chi connectivity index (χ1n) is 6.18. The minimum absolute atomic E-state index is 0.00653. The lowest BCUT2D eigenvalue weighted by Crippen LogP contribution is -2.40. The fourth-order valence-electron chi connectivity index (χ4n) is 2.27. The van der Waals surface area contributed by atoms with Crippen LogP contribution in [0.15, 0.2) is 0 Å². The minimum atomic E-state index is 0.00653. The maximum Gasteiger partial charge on any atom is 0.0703 e. The van der Waals surface area contributed by atoms with E-state index in [2.05, 4.69) is 31.9 Å². The smallest absolute Gasteiger partial charge is 0.0703 e. The summed E-state index contributed by atoms with van der Waals surface area (Å²) in [6.07, 6.45) is 6.02. The van der Waals surface area contributed by atoms with Crippen molar-refractivity contribution < 1.29 is 0 Å². The van der Waals surface area contributed by atoms with Gasteiger partial charge >= 0.3 is 0 Å². The van der Waals surface area contributed by atoms with Crippen LogP contribution in [-0.2, 0) is 0 Å². The Hall–Kier alpha value is -0.550. The Morgan fingerprint density at radius 2 is 2.07 bits per heavy atom. The zero-order valence-electron chi connectivity index (χ0n) is 10.4. The van der Waals surface area contributed by atoms with Crippen molar-refractivity contribution in [3.63, 3.8) is 0 Å². The van der Waals surface area contributed by atoms with Crippen LogP contribution in [0.1, 0.15) is 46.0 Å². The summed E-state index contributed by atoms with van der Waals surface area (Å²) in [7, 11) is 2.15. The van der Waals surface area contributed by atoms with Crippen LogP contribution in [0.5, 0.6) is 0 Å². The van der Waals surface area contributed by atoms with Gasteiger partial charge in [0.15, 0.2) is 0 Å². The predicted molar refractivity (Wildman–Crippen MR) is 63.5 cm³/mol. The third-order valence-electron chi connectivity index (χ3n) is 3.44. The number of rotatable bonds is 6. The fraction of sp³-hybridized carbons (Fsp3) is 0.923. The van der Waals surface area contributed by atoms with Gasteiger partial charge in [0.25, 0.3) is 0 Å². The summed E-state index contributed by atoms with van der Waals surface area (Å²) in [5.74, 6) is 0.798. The van der Waals surface area contributed by atoms with E-state index < -0.39 is 0 Å². The molecule has 0 bridgehead atoms. The Morgan fingerprint density at radius 3 is 2.47 bits per heavy atom. The second-order valence-corrected chi connectivity index (χ2v) is 5.52. The Bertz CT molecular complexity index is 223. The van der Waals surface area contributed by atoms with Gasteiger partial charge in [-0.2, -0.15) is 5.26 Å². The zero-order valence-corrected chi connectivity index (χ0v) is 10.4. The van der Waals surface area contributed by atoms with Gasteiger partial charge in [0, 0.05) is 6.54 Å². The van der Waals surface area contributed by atoms with Crippen molar-refractivity contribution in [1.29, 1.82) is 5.26 Å². The van der Waals surface area contributed by atoms with Crippen LogP contribution in [0.25, 0.3) is 0 Å². The van der Waals surface area contributed by atoms with Gasteiger partial charge in [0.2, 0.25) is 0 Å².